The monoisotopic (exact) mass is 327 g/mol. The number of hydrogen-bond donors (Lipinski definition) is 2. The lowest BCUT2D eigenvalue weighted by Crippen LogP contribution is -2.43. The van der Waals surface area contributed by atoms with Crippen LogP contribution in [0, 0.1) is 6.92 Å². The zero-order valence-electron chi connectivity index (χ0n) is 14.2. The van der Waals surface area contributed by atoms with Gasteiger partial charge in [0, 0.05) is 42.8 Å². The highest BCUT2D eigenvalue weighted by molar-refractivity contribution is 5.98. The van der Waals surface area contributed by atoms with Crippen molar-refractivity contribution < 1.29 is 9.53 Å². The van der Waals surface area contributed by atoms with Gasteiger partial charge >= 0.3 is 0 Å². The number of para-hydroxylation sites is 1. The van der Waals surface area contributed by atoms with E-state index in [1.807, 2.05) is 12.1 Å². The third-order valence-electron chi connectivity index (χ3n) is 5.37. The van der Waals surface area contributed by atoms with E-state index in [0.29, 0.717) is 6.54 Å². The van der Waals surface area contributed by atoms with Crippen molar-refractivity contribution in [2.24, 2.45) is 0 Å². The third kappa shape index (κ3) is 2.72. The van der Waals surface area contributed by atoms with Crippen molar-refractivity contribution in [1.29, 1.82) is 0 Å². The summed E-state index contributed by atoms with van der Waals surface area (Å²) in [5.41, 5.74) is 3.12. The van der Waals surface area contributed by atoms with Crippen molar-refractivity contribution in [2.45, 2.75) is 25.2 Å². The first-order chi connectivity index (χ1) is 11.7. The molecular formula is C19H25N3O2. The van der Waals surface area contributed by atoms with E-state index in [-0.39, 0.29) is 11.3 Å². The number of rotatable bonds is 5. The van der Waals surface area contributed by atoms with E-state index in [1.54, 1.807) is 0 Å². The second-order valence-electron chi connectivity index (χ2n) is 6.96. The predicted octanol–water partition coefficient (Wildman–Crippen LogP) is 1.96. The van der Waals surface area contributed by atoms with Gasteiger partial charge in [-0.2, -0.15) is 0 Å². The molecule has 1 amide bonds. The molecule has 24 heavy (non-hydrogen) atoms. The molecule has 2 aliphatic rings. The zero-order valence-corrected chi connectivity index (χ0v) is 14.2. The smallest absolute Gasteiger partial charge is 0.230 e. The normalized spacial score (nSPS) is 20.2. The minimum atomic E-state index is -0.325. The van der Waals surface area contributed by atoms with Gasteiger partial charge in [0.15, 0.2) is 0 Å². The summed E-state index contributed by atoms with van der Waals surface area (Å²) in [4.78, 5) is 18.7. The molecule has 1 aromatic heterocycles. The summed E-state index contributed by atoms with van der Waals surface area (Å²) in [6, 6.07) is 8.28. The predicted molar refractivity (Wildman–Crippen MR) is 94.2 cm³/mol. The number of benzene rings is 1. The molecule has 2 aromatic rings. The van der Waals surface area contributed by atoms with Crippen molar-refractivity contribution in [3.8, 4) is 0 Å². The van der Waals surface area contributed by atoms with Gasteiger partial charge in [0.25, 0.3) is 0 Å². The number of aryl methyl sites for hydroxylation is 1. The topological polar surface area (TPSA) is 57.4 Å². The zero-order chi connectivity index (χ0) is 16.6. The van der Waals surface area contributed by atoms with Gasteiger partial charge in [-0.05, 0) is 31.4 Å². The summed E-state index contributed by atoms with van der Waals surface area (Å²) < 4.78 is 5.36. The number of carbonyl (C=O) groups is 1. The molecule has 2 N–H and O–H groups in total. The van der Waals surface area contributed by atoms with Gasteiger partial charge in [-0.1, -0.05) is 18.2 Å². The van der Waals surface area contributed by atoms with Gasteiger partial charge in [0.05, 0.1) is 18.6 Å². The maximum Gasteiger partial charge on any atom is 0.230 e. The lowest BCUT2D eigenvalue weighted by atomic mass is 9.92. The van der Waals surface area contributed by atoms with E-state index in [9.17, 15) is 4.79 Å². The number of fused-ring (bicyclic) bond motifs is 1. The molecule has 4 rings (SSSR count). The second kappa shape index (κ2) is 6.22. The van der Waals surface area contributed by atoms with Gasteiger partial charge in [0.1, 0.15) is 0 Å². The van der Waals surface area contributed by atoms with Gasteiger partial charge in [-0.3, -0.25) is 9.69 Å². The first-order valence-electron chi connectivity index (χ1n) is 8.87. The SMILES string of the molecule is Cc1[nH]c2ccccc2c1C1(C(=O)NCCN2CCOCC2)CC1. The summed E-state index contributed by atoms with van der Waals surface area (Å²) in [6.45, 7) is 7.21. The van der Waals surface area contributed by atoms with Crippen molar-refractivity contribution in [1.82, 2.24) is 15.2 Å². The van der Waals surface area contributed by atoms with E-state index in [4.69, 9.17) is 4.74 Å². The molecule has 2 fully saturated rings. The average Bonchev–Trinajstić information content (AvgIpc) is 3.32. The highest BCUT2D eigenvalue weighted by Crippen LogP contribution is 2.51. The lowest BCUT2D eigenvalue weighted by Gasteiger charge is -2.27. The van der Waals surface area contributed by atoms with E-state index >= 15 is 0 Å². The maximum absolute atomic E-state index is 12.9. The Morgan fingerprint density at radius 1 is 1.29 bits per heavy atom. The lowest BCUT2D eigenvalue weighted by molar-refractivity contribution is -0.123. The van der Waals surface area contributed by atoms with E-state index in [1.165, 1.54) is 10.9 Å². The van der Waals surface area contributed by atoms with Crippen molar-refractivity contribution in [2.75, 3.05) is 39.4 Å². The van der Waals surface area contributed by atoms with E-state index in [2.05, 4.69) is 34.3 Å². The molecule has 1 aliphatic heterocycles. The summed E-state index contributed by atoms with van der Waals surface area (Å²) in [5.74, 6) is 0.184. The fourth-order valence-electron chi connectivity index (χ4n) is 3.93. The Bertz CT molecular complexity index is 742. The van der Waals surface area contributed by atoms with E-state index in [0.717, 1.165) is 56.9 Å². The quantitative estimate of drug-likeness (QED) is 0.883. The molecule has 0 radical (unpaired) electrons. The average molecular weight is 327 g/mol. The summed E-state index contributed by atoms with van der Waals surface area (Å²) in [5, 5.41) is 4.37. The van der Waals surface area contributed by atoms with Gasteiger partial charge < -0.3 is 15.0 Å². The Hall–Kier alpha value is -1.85. The Labute approximate surface area is 142 Å². The molecule has 5 heteroatoms. The Morgan fingerprint density at radius 3 is 2.79 bits per heavy atom. The number of nitrogens with one attached hydrogen (secondary N) is 2. The minimum absolute atomic E-state index is 0.184. The molecule has 5 nitrogen and oxygen atoms in total. The molecule has 0 spiro atoms. The molecule has 0 atom stereocenters. The van der Waals surface area contributed by atoms with Crippen molar-refractivity contribution in [3.05, 3.63) is 35.5 Å². The molecule has 1 saturated heterocycles. The maximum atomic E-state index is 12.9. The summed E-state index contributed by atoms with van der Waals surface area (Å²) >= 11 is 0. The number of hydrogen-bond acceptors (Lipinski definition) is 3. The van der Waals surface area contributed by atoms with Crippen LogP contribution < -0.4 is 5.32 Å². The van der Waals surface area contributed by atoms with Crippen LogP contribution in [0.1, 0.15) is 24.1 Å². The van der Waals surface area contributed by atoms with Gasteiger partial charge in [-0.25, -0.2) is 0 Å². The van der Waals surface area contributed by atoms with E-state index < -0.39 is 0 Å². The number of nitrogens with zero attached hydrogens (tertiary/aromatic N) is 1. The standard InChI is InChI=1S/C19H25N3O2/c1-14-17(15-4-2-3-5-16(15)21-14)19(6-7-19)18(23)20-8-9-22-10-12-24-13-11-22/h2-5,21H,6-13H2,1H3,(H,20,23). The van der Waals surface area contributed by atoms with Crippen LogP contribution in [-0.4, -0.2) is 55.2 Å². The first kappa shape index (κ1) is 15.7. The third-order valence-corrected chi connectivity index (χ3v) is 5.37. The Kier molecular flexibility index (Phi) is 4.06. The summed E-state index contributed by atoms with van der Waals surface area (Å²) in [7, 11) is 0. The van der Waals surface area contributed by atoms with Crippen molar-refractivity contribution >= 4 is 16.8 Å². The number of amides is 1. The molecule has 2 heterocycles. The highest BCUT2D eigenvalue weighted by Gasteiger charge is 2.53. The Morgan fingerprint density at radius 2 is 2.04 bits per heavy atom. The summed E-state index contributed by atoms with van der Waals surface area (Å²) in [6.07, 6.45) is 1.89. The fourth-order valence-corrected chi connectivity index (χ4v) is 3.93. The number of aromatic amines is 1. The minimum Gasteiger partial charge on any atom is -0.379 e. The number of morpholine rings is 1. The molecule has 1 aromatic carbocycles. The van der Waals surface area contributed by atoms with Crippen LogP contribution in [0.5, 0.6) is 0 Å². The number of ether oxygens (including phenoxy) is 1. The van der Waals surface area contributed by atoms with Crippen molar-refractivity contribution in [3.63, 3.8) is 0 Å². The number of carbonyl (C=O) groups excluding carboxylic acids is 1. The number of H-pyrrole nitrogens is 1. The second-order valence-corrected chi connectivity index (χ2v) is 6.96. The van der Waals surface area contributed by atoms with Crippen LogP contribution in [0.3, 0.4) is 0 Å². The van der Waals surface area contributed by atoms with Crippen LogP contribution in [0.2, 0.25) is 0 Å². The molecular weight excluding hydrogens is 302 g/mol. The molecule has 1 saturated carbocycles. The highest BCUT2D eigenvalue weighted by atomic mass is 16.5. The van der Waals surface area contributed by atoms with Gasteiger partial charge in [-0.15, -0.1) is 0 Å². The van der Waals surface area contributed by atoms with Crippen LogP contribution >= 0.6 is 0 Å². The molecule has 1 aliphatic carbocycles. The van der Waals surface area contributed by atoms with Crippen LogP contribution in [0.4, 0.5) is 0 Å². The van der Waals surface area contributed by atoms with Crippen LogP contribution in [0.25, 0.3) is 10.9 Å². The first-order valence-corrected chi connectivity index (χ1v) is 8.87. The number of aromatic nitrogens is 1. The molecule has 0 unspecified atom stereocenters. The Balaban J connectivity index is 1.46. The van der Waals surface area contributed by atoms with Crippen LogP contribution in [-0.2, 0) is 14.9 Å². The largest absolute Gasteiger partial charge is 0.379 e. The van der Waals surface area contributed by atoms with Gasteiger partial charge in [0.2, 0.25) is 5.91 Å². The molecule has 0 bridgehead atoms. The van der Waals surface area contributed by atoms with Crippen LogP contribution in [0.15, 0.2) is 24.3 Å². The fraction of sp³-hybridized carbons (Fsp3) is 0.526. The molecule has 128 valence electrons.